The highest BCUT2D eigenvalue weighted by Crippen LogP contribution is 2.14. The van der Waals surface area contributed by atoms with Crippen LogP contribution >= 0.6 is 0 Å². The van der Waals surface area contributed by atoms with Gasteiger partial charge in [-0.15, -0.1) is 0 Å². The number of ether oxygens (including phenoxy) is 1. The number of amides is 2. The third kappa shape index (κ3) is 6.15. The highest BCUT2D eigenvalue weighted by Gasteiger charge is 2.22. The van der Waals surface area contributed by atoms with E-state index in [1.54, 1.807) is 24.4 Å². The quantitative estimate of drug-likeness (QED) is 0.500. The van der Waals surface area contributed by atoms with Gasteiger partial charge in [0, 0.05) is 18.1 Å². The van der Waals surface area contributed by atoms with Crippen molar-refractivity contribution in [2.45, 2.75) is 19.6 Å². The summed E-state index contributed by atoms with van der Waals surface area (Å²) in [7, 11) is 0. The zero-order valence-electron chi connectivity index (χ0n) is 16.5. The Balaban J connectivity index is 1.68. The number of anilines is 1. The number of aryl methyl sites for hydroxylation is 1. The summed E-state index contributed by atoms with van der Waals surface area (Å²) in [4.78, 5) is 29.4. The first-order chi connectivity index (χ1) is 14.5. The van der Waals surface area contributed by atoms with Crippen LogP contribution in [-0.2, 0) is 16.1 Å². The van der Waals surface area contributed by atoms with Crippen LogP contribution in [0, 0.1) is 6.92 Å². The number of carbonyl (C=O) groups excluding carboxylic acids is 2. The molecule has 0 aliphatic heterocycles. The molecule has 0 aliphatic rings. The number of aromatic nitrogens is 1. The maximum absolute atomic E-state index is 12.8. The summed E-state index contributed by atoms with van der Waals surface area (Å²) in [6, 6.07) is 16.4. The number of nitrogens with one attached hydrogen (secondary N) is 2. The predicted molar refractivity (Wildman–Crippen MR) is 113 cm³/mol. The van der Waals surface area contributed by atoms with E-state index in [0.717, 1.165) is 11.1 Å². The third-order valence-electron chi connectivity index (χ3n) is 4.29. The number of aromatic hydroxyl groups is 1. The summed E-state index contributed by atoms with van der Waals surface area (Å²) in [6.07, 6.45) is 3.09. The molecular formula is C23H23N3O4. The van der Waals surface area contributed by atoms with Crippen LogP contribution in [0.3, 0.4) is 0 Å². The molecule has 0 saturated carbocycles. The second-order valence-corrected chi connectivity index (χ2v) is 6.81. The van der Waals surface area contributed by atoms with Gasteiger partial charge in [0.15, 0.2) is 0 Å². The molecule has 0 radical (unpaired) electrons. The topological polar surface area (TPSA) is 101 Å². The molecule has 1 aromatic heterocycles. The first-order valence-corrected chi connectivity index (χ1v) is 9.45. The van der Waals surface area contributed by atoms with Crippen molar-refractivity contribution in [2.24, 2.45) is 0 Å². The minimum absolute atomic E-state index is 0.0101. The number of pyridine rings is 1. The lowest BCUT2D eigenvalue weighted by atomic mass is 10.2. The first kappa shape index (κ1) is 21.0. The normalized spacial score (nSPS) is 11.5. The number of hydrogen-bond acceptors (Lipinski definition) is 5. The molecule has 30 heavy (non-hydrogen) atoms. The molecule has 2 aromatic carbocycles. The molecule has 0 bridgehead atoms. The van der Waals surface area contributed by atoms with E-state index in [2.05, 4.69) is 15.6 Å². The Morgan fingerprint density at radius 2 is 1.80 bits per heavy atom. The predicted octanol–water partition coefficient (Wildman–Crippen LogP) is 3.05. The Morgan fingerprint density at radius 3 is 2.50 bits per heavy atom. The number of rotatable bonds is 8. The summed E-state index contributed by atoms with van der Waals surface area (Å²) < 4.78 is 5.69. The Morgan fingerprint density at radius 1 is 1.07 bits per heavy atom. The van der Waals surface area contributed by atoms with E-state index < -0.39 is 17.9 Å². The number of carbonyl (C=O) groups is 2. The van der Waals surface area contributed by atoms with Gasteiger partial charge in [0.1, 0.15) is 11.8 Å². The van der Waals surface area contributed by atoms with Gasteiger partial charge in [0.05, 0.1) is 18.8 Å². The van der Waals surface area contributed by atoms with Gasteiger partial charge in [0.2, 0.25) is 5.91 Å². The molecule has 7 nitrogen and oxygen atoms in total. The van der Waals surface area contributed by atoms with Crippen LogP contribution in [0.25, 0.3) is 0 Å². The SMILES string of the molecule is Cc1cncc(C(=O)NC(COCc2ccccc2)C(=O)Nc2ccc(O)cc2)c1. The minimum Gasteiger partial charge on any atom is -0.508 e. The number of nitrogens with zero attached hydrogens (tertiary/aromatic N) is 1. The summed E-state index contributed by atoms with van der Waals surface area (Å²) in [5.41, 5.74) is 2.66. The number of hydrogen-bond donors (Lipinski definition) is 3. The largest absolute Gasteiger partial charge is 0.508 e. The van der Waals surface area contributed by atoms with Gasteiger partial charge in [-0.2, -0.15) is 0 Å². The van der Waals surface area contributed by atoms with E-state index in [-0.39, 0.29) is 12.4 Å². The number of phenolic OH excluding ortho intramolecular Hbond substituents is 1. The Labute approximate surface area is 174 Å². The van der Waals surface area contributed by atoms with E-state index in [4.69, 9.17) is 4.74 Å². The average molecular weight is 405 g/mol. The lowest BCUT2D eigenvalue weighted by Crippen LogP contribution is -2.46. The molecule has 3 N–H and O–H groups in total. The van der Waals surface area contributed by atoms with Crippen molar-refractivity contribution in [3.05, 3.63) is 89.7 Å². The van der Waals surface area contributed by atoms with Crippen LogP contribution in [0.2, 0.25) is 0 Å². The lowest BCUT2D eigenvalue weighted by Gasteiger charge is -2.19. The van der Waals surface area contributed by atoms with Gasteiger partial charge in [0.25, 0.3) is 5.91 Å². The van der Waals surface area contributed by atoms with Crippen LogP contribution < -0.4 is 10.6 Å². The molecule has 2 amide bonds. The van der Waals surface area contributed by atoms with Crippen molar-refractivity contribution in [3.8, 4) is 5.75 Å². The van der Waals surface area contributed by atoms with Crippen LogP contribution in [-0.4, -0.2) is 34.6 Å². The fourth-order valence-electron chi connectivity index (χ4n) is 2.75. The summed E-state index contributed by atoms with van der Waals surface area (Å²) in [5, 5.41) is 14.8. The fraction of sp³-hybridized carbons (Fsp3) is 0.174. The number of benzene rings is 2. The molecule has 1 atom stereocenters. The van der Waals surface area contributed by atoms with Crippen molar-refractivity contribution in [3.63, 3.8) is 0 Å². The summed E-state index contributed by atoms with van der Waals surface area (Å²) in [6.45, 7) is 2.14. The highest BCUT2D eigenvalue weighted by molar-refractivity contribution is 6.01. The van der Waals surface area contributed by atoms with Crippen molar-refractivity contribution in [2.75, 3.05) is 11.9 Å². The van der Waals surface area contributed by atoms with Crippen molar-refractivity contribution in [1.82, 2.24) is 10.3 Å². The second-order valence-electron chi connectivity index (χ2n) is 6.81. The van der Waals surface area contributed by atoms with Gasteiger partial charge in [-0.25, -0.2) is 0 Å². The zero-order chi connectivity index (χ0) is 21.3. The Hall–Kier alpha value is -3.71. The smallest absolute Gasteiger partial charge is 0.253 e. The Bertz CT molecular complexity index is 991. The lowest BCUT2D eigenvalue weighted by molar-refractivity contribution is -0.119. The van der Waals surface area contributed by atoms with Crippen molar-refractivity contribution >= 4 is 17.5 Å². The zero-order valence-corrected chi connectivity index (χ0v) is 16.5. The van der Waals surface area contributed by atoms with E-state index in [1.165, 1.54) is 18.3 Å². The van der Waals surface area contributed by atoms with Gasteiger partial charge in [-0.3, -0.25) is 14.6 Å². The molecule has 3 rings (SSSR count). The molecule has 0 saturated heterocycles. The molecule has 7 heteroatoms. The molecule has 1 unspecified atom stereocenters. The fourth-order valence-corrected chi connectivity index (χ4v) is 2.75. The maximum Gasteiger partial charge on any atom is 0.253 e. The summed E-state index contributed by atoms with van der Waals surface area (Å²) >= 11 is 0. The monoisotopic (exact) mass is 405 g/mol. The van der Waals surface area contributed by atoms with E-state index in [0.29, 0.717) is 17.9 Å². The maximum atomic E-state index is 12.8. The molecule has 0 fully saturated rings. The van der Waals surface area contributed by atoms with Crippen molar-refractivity contribution < 1.29 is 19.4 Å². The number of phenols is 1. The van der Waals surface area contributed by atoms with Gasteiger partial charge < -0.3 is 20.5 Å². The van der Waals surface area contributed by atoms with Gasteiger partial charge >= 0.3 is 0 Å². The molecule has 0 spiro atoms. The average Bonchev–Trinajstić information content (AvgIpc) is 2.75. The van der Waals surface area contributed by atoms with Gasteiger partial charge in [-0.05, 0) is 48.4 Å². The van der Waals surface area contributed by atoms with E-state index >= 15 is 0 Å². The van der Waals surface area contributed by atoms with Crippen molar-refractivity contribution in [1.29, 1.82) is 0 Å². The third-order valence-corrected chi connectivity index (χ3v) is 4.29. The van der Waals surface area contributed by atoms with Crippen LogP contribution in [0.1, 0.15) is 21.5 Å². The van der Waals surface area contributed by atoms with E-state index in [9.17, 15) is 14.7 Å². The molecule has 3 aromatic rings. The minimum atomic E-state index is -0.921. The Kier molecular flexibility index (Phi) is 7.13. The molecule has 1 heterocycles. The first-order valence-electron chi connectivity index (χ1n) is 9.45. The molecule has 0 aliphatic carbocycles. The molecule has 154 valence electrons. The molecular weight excluding hydrogens is 382 g/mol. The summed E-state index contributed by atoms with van der Waals surface area (Å²) in [5.74, 6) is -0.751. The van der Waals surface area contributed by atoms with Crippen LogP contribution in [0.15, 0.2) is 73.1 Å². The highest BCUT2D eigenvalue weighted by atomic mass is 16.5. The standard InChI is InChI=1S/C23H23N3O4/c1-16-11-18(13-24-12-16)22(28)26-21(15-30-14-17-5-3-2-4-6-17)23(29)25-19-7-9-20(27)10-8-19/h2-13,21,27H,14-15H2,1H3,(H,25,29)(H,26,28). The van der Waals surface area contributed by atoms with Gasteiger partial charge in [-0.1, -0.05) is 30.3 Å². The van der Waals surface area contributed by atoms with Crippen LogP contribution in [0.5, 0.6) is 5.75 Å². The van der Waals surface area contributed by atoms with E-state index in [1.807, 2.05) is 37.3 Å². The second kappa shape index (κ2) is 10.2. The van der Waals surface area contributed by atoms with Crippen LogP contribution in [0.4, 0.5) is 5.69 Å².